The molecule has 6 nitrogen and oxygen atoms in total. The number of hydrogen-bond acceptors (Lipinski definition) is 5. The standard InChI is InChI=1S/C60H117NO5/c1-3-5-7-9-11-13-15-16-31-34-38-42-46-50-54-60(65)66-55-51-47-43-39-35-32-29-27-25-23-21-19-17-18-20-22-24-26-28-30-33-37-41-45-49-53-59(64)61-57(56-62)58(63)52-48-44-40-36-14-12-10-8-6-4-2/h48,52,57-58,62-63H,3-47,49-51,53-56H2,1-2H3,(H,61,64)/b52-48+. The van der Waals surface area contributed by atoms with Gasteiger partial charge in [-0.1, -0.05) is 302 Å². The number of ether oxygens (including phenoxy) is 1. The van der Waals surface area contributed by atoms with Gasteiger partial charge in [0, 0.05) is 12.8 Å². The minimum Gasteiger partial charge on any atom is -0.466 e. The zero-order chi connectivity index (χ0) is 47.9. The van der Waals surface area contributed by atoms with Crippen molar-refractivity contribution in [3.8, 4) is 0 Å². The highest BCUT2D eigenvalue weighted by Crippen LogP contribution is 2.18. The van der Waals surface area contributed by atoms with E-state index in [1.165, 1.54) is 270 Å². The topological polar surface area (TPSA) is 95.9 Å². The normalized spacial score (nSPS) is 12.6. The van der Waals surface area contributed by atoms with Gasteiger partial charge in [-0.2, -0.15) is 0 Å². The molecule has 0 aromatic carbocycles. The van der Waals surface area contributed by atoms with E-state index in [0.717, 1.165) is 38.5 Å². The van der Waals surface area contributed by atoms with Crippen LogP contribution in [0.1, 0.15) is 335 Å². The van der Waals surface area contributed by atoms with E-state index in [-0.39, 0.29) is 18.5 Å². The Morgan fingerprint density at radius 1 is 0.409 bits per heavy atom. The highest BCUT2D eigenvalue weighted by atomic mass is 16.5. The van der Waals surface area contributed by atoms with E-state index < -0.39 is 12.1 Å². The maximum atomic E-state index is 12.4. The number of rotatable bonds is 56. The van der Waals surface area contributed by atoms with Crippen LogP contribution in [0.5, 0.6) is 0 Å². The largest absolute Gasteiger partial charge is 0.466 e. The predicted octanol–water partition coefficient (Wildman–Crippen LogP) is 18.5. The molecule has 0 radical (unpaired) electrons. The minimum absolute atomic E-state index is 0.0185. The van der Waals surface area contributed by atoms with Crippen molar-refractivity contribution in [1.29, 1.82) is 0 Å². The predicted molar refractivity (Wildman–Crippen MR) is 287 cm³/mol. The van der Waals surface area contributed by atoms with E-state index >= 15 is 0 Å². The molecule has 66 heavy (non-hydrogen) atoms. The van der Waals surface area contributed by atoms with Gasteiger partial charge in [-0.25, -0.2) is 0 Å². The lowest BCUT2D eigenvalue weighted by molar-refractivity contribution is -0.143. The first-order valence-corrected chi connectivity index (χ1v) is 30.0. The van der Waals surface area contributed by atoms with Gasteiger partial charge in [0.2, 0.25) is 5.91 Å². The molecule has 2 atom stereocenters. The number of esters is 1. The van der Waals surface area contributed by atoms with Gasteiger partial charge in [0.05, 0.1) is 25.4 Å². The van der Waals surface area contributed by atoms with Crippen molar-refractivity contribution in [1.82, 2.24) is 5.32 Å². The van der Waals surface area contributed by atoms with Crippen molar-refractivity contribution in [3.05, 3.63) is 12.2 Å². The maximum absolute atomic E-state index is 12.4. The lowest BCUT2D eigenvalue weighted by atomic mass is 10.0. The van der Waals surface area contributed by atoms with Crippen molar-refractivity contribution in [2.75, 3.05) is 13.2 Å². The Labute approximate surface area is 412 Å². The third-order valence-corrected chi connectivity index (χ3v) is 14.1. The Kier molecular flexibility index (Phi) is 55.0. The van der Waals surface area contributed by atoms with Gasteiger partial charge in [0.25, 0.3) is 0 Å². The van der Waals surface area contributed by atoms with E-state index in [1.807, 2.05) is 6.08 Å². The molecular formula is C60H117NO5. The fourth-order valence-electron chi connectivity index (χ4n) is 9.46. The van der Waals surface area contributed by atoms with Crippen LogP contribution in [0, 0.1) is 0 Å². The molecule has 0 saturated carbocycles. The Balaban J connectivity index is 3.33. The van der Waals surface area contributed by atoms with Crippen LogP contribution in [0.15, 0.2) is 12.2 Å². The second-order valence-corrected chi connectivity index (χ2v) is 20.7. The first kappa shape index (κ1) is 64.6. The van der Waals surface area contributed by atoms with E-state index in [9.17, 15) is 19.8 Å². The minimum atomic E-state index is -0.840. The van der Waals surface area contributed by atoms with Crippen molar-refractivity contribution in [3.63, 3.8) is 0 Å². The smallest absolute Gasteiger partial charge is 0.305 e. The van der Waals surface area contributed by atoms with E-state index in [0.29, 0.717) is 19.4 Å². The quantitative estimate of drug-likeness (QED) is 0.0321. The first-order chi connectivity index (χ1) is 32.5. The van der Waals surface area contributed by atoms with Gasteiger partial charge >= 0.3 is 5.97 Å². The first-order valence-electron chi connectivity index (χ1n) is 30.0. The third-order valence-electron chi connectivity index (χ3n) is 14.1. The molecule has 0 aliphatic carbocycles. The molecule has 0 fully saturated rings. The highest BCUT2D eigenvalue weighted by molar-refractivity contribution is 5.76. The average Bonchev–Trinajstić information content (AvgIpc) is 3.32. The Morgan fingerprint density at radius 2 is 0.697 bits per heavy atom. The monoisotopic (exact) mass is 932 g/mol. The second-order valence-electron chi connectivity index (χ2n) is 20.7. The number of unbranched alkanes of at least 4 members (excludes halogenated alkanes) is 45. The van der Waals surface area contributed by atoms with Gasteiger partial charge < -0.3 is 20.3 Å². The van der Waals surface area contributed by atoms with Crippen LogP contribution in [-0.4, -0.2) is 47.4 Å². The molecule has 2 unspecified atom stereocenters. The highest BCUT2D eigenvalue weighted by Gasteiger charge is 2.18. The number of carbonyl (C=O) groups is 2. The molecule has 3 N–H and O–H groups in total. The van der Waals surface area contributed by atoms with Crippen LogP contribution < -0.4 is 5.32 Å². The SMILES string of the molecule is CCCCCCCCCC/C=C/C(O)C(CO)NC(=O)CCCCCCCCCCCCCCCCCCCCCCCCCCCOC(=O)CCCCCCCCCCCCCCCC. The summed E-state index contributed by atoms with van der Waals surface area (Å²) in [6, 6.07) is -0.623. The molecule has 0 rings (SSSR count). The summed E-state index contributed by atoms with van der Waals surface area (Å²) in [6.45, 7) is 4.91. The summed E-state index contributed by atoms with van der Waals surface area (Å²) < 4.78 is 5.49. The van der Waals surface area contributed by atoms with Gasteiger partial charge in [0.15, 0.2) is 0 Å². The molecule has 0 bridgehead atoms. The molecule has 0 aromatic rings. The molecule has 0 aliphatic rings. The van der Waals surface area contributed by atoms with Gasteiger partial charge in [-0.3, -0.25) is 9.59 Å². The second kappa shape index (κ2) is 56.2. The molecule has 0 aliphatic heterocycles. The number of nitrogens with one attached hydrogen (secondary N) is 1. The van der Waals surface area contributed by atoms with Gasteiger partial charge in [-0.05, 0) is 32.1 Å². The lowest BCUT2D eigenvalue weighted by Crippen LogP contribution is -2.45. The van der Waals surface area contributed by atoms with E-state index in [1.54, 1.807) is 6.08 Å². The molecule has 1 amide bonds. The summed E-state index contributed by atoms with van der Waals surface area (Å²) in [5.41, 5.74) is 0. The third kappa shape index (κ3) is 52.0. The Bertz CT molecular complexity index is 986. The molecular weight excluding hydrogens is 815 g/mol. The average molecular weight is 933 g/mol. The van der Waals surface area contributed by atoms with Crippen molar-refractivity contribution in [2.45, 2.75) is 347 Å². The van der Waals surface area contributed by atoms with Crippen molar-refractivity contribution in [2.24, 2.45) is 0 Å². The molecule has 6 heteroatoms. The summed E-state index contributed by atoms with van der Waals surface area (Å²) in [5.74, 6) is -0.0484. The van der Waals surface area contributed by atoms with Gasteiger partial charge in [0.1, 0.15) is 0 Å². The van der Waals surface area contributed by atoms with Crippen molar-refractivity contribution >= 4 is 11.9 Å². The van der Waals surface area contributed by atoms with Crippen molar-refractivity contribution < 1.29 is 24.5 Å². The summed E-state index contributed by atoms with van der Waals surface area (Å²) >= 11 is 0. The van der Waals surface area contributed by atoms with Crippen LogP contribution in [0.4, 0.5) is 0 Å². The number of hydrogen-bond donors (Lipinski definition) is 3. The summed E-state index contributed by atoms with van der Waals surface area (Å²) in [4.78, 5) is 24.4. The number of allylic oxidation sites excluding steroid dienone is 1. The summed E-state index contributed by atoms with van der Waals surface area (Å²) in [5, 5.41) is 23.0. The Hall–Kier alpha value is -1.40. The number of aliphatic hydroxyl groups is 2. The number of carbonyl (C=O) groups excluding carboxylic acids is 2. The summed E-state index contributed by atoms with van der Waals surface area (Å²) in [7, 11) is 0. The molecule has 0 spiro atoms. The zero-order valence-electron chi connectivity index (χ0n) is 44.7. The fourth-order valence-corrected chi connectivity index (χ4v) is 9.46. The van der Waals surface area contributed by atoms with Crippen LogP contribution in [-0.2, 0) is 14.3 Å². The maximum Gasteiger partial charge on any atom is 0.305 e. The molecule has 0 aromatic heterocycles. The van der Waals surface area contributed by atoms with E-state index in [4.69, 9.17) is 4.74 Å². The lowest BCUT2D eigenvalue weighted by Gasteiger charge is -2.20. The number of aliphatic hydroxyl groups excluding tert-OH is 2. The number of amides is 1. The van der Waals surface area contributed by atoms with Crippen LogP contribution in [0.25, 0.3) is 0 Å². The molecule has 392 valence electrons. The van der Waals surface area contributed by atoms with E-state index in [2.05, 4.69) is 19.2 Å². The fraction of sp³-hybridized carbons (Fsp3) is 0.933. The van der Waals surface area contributed by atoms with Crippen LogP contribution >= 0.6 is 0 Å². The van der Waals surface area contributed by atoms with Gasteiger partial charge in [-0.15, -0.1) is 0 Å². The molecule has 0 heterocycles. The Morgan fingerprint density at radius 3 is 1.03 bits per heavy atom. The van der Waals surface area contributed by atoms with Crippen LogP contribution in [0.2, 0.25) is 0 Å². The van der Waals surface area contributed by atoms with Crippen LogP contribution in [0.3, 0.4) is 0 Å². The zero-order valence-corrected chi connectivity index (χ0v) is 44.7. The summed E-state index contributed by atoms with van der Waals surface area (Å²) in [6.07, 6.45) is 66.9. The molecule has 0 saturated heterocycles.